The molecule has 0 saturated carbocycles. The minimum Gasteiger partial charge on any atom is -0.478 e. The van der Waals surface area contributed by atoms with Crippen molar-refractivity contribution in [2.75, 3.05) is 10.6 Å². The second kappa shape index (κ2) is 12.7. The fourth-order valence-electron chi connectivity index (χ4n) is 3.59. The van der Waals surface area contributed by atoms with Crippen molar-refractivity contribution in [2.45, 2.75) is 52.1 Å². The molecule has 0 spiro atoms. The van der Waals surface area contributed by atoms with Crippen LogP contribution in [-0.2, 0) is 14.3 Å². The average Bonchev–Trinajstić information content (AvgIpc) is 3.26. The van der Waals surface area contributed by atoms with E-state index in [1.54, 1.807) is 20.8 Å². The summed E-state index contributed by atoms with van der Waals surface area (Å²) in [5.74, 6) is -2.38. The first-order chi connectivity index (χ1) is 17.9. The molecule has 0 radical (unpaired) electrons. The molecule has 2 amide bonds. The van der Waals surface area contributed by atoms with E-state index in [0.717, 1.165) is 5.56 Å². The third-order valence-electron chi connectivity index (χ3n) is 5.28. The average molecular weight is 557 g/mol. The normalized spacial score (nSPS) is 11.1. The molecule has 0 aliphatic rings. The predicted octanol–water partition coefficient (Wildman–Crippen LogP) is 6.86. The molecule has 10 heteroatoms. The number of ether oxygens (including phenoxy) is 1. The van der Waals surface area contributed by atoms with Gasteiger partial charge in [0, 0.05) is 28.8 Å². The van der Waals surface area contributed by atoms with Gasteiger partial charge in [-0.3, -0.25) is 9.59 Å². The Kier molecular flexibility index (Phi) is 9.66. The summed E-state index contributed by atoms with van der Waals surface area (Å²) in [4.78, 5) is 49.4. The second-order valence-corrected chi connectivity index (χ2v) is 10.8. The Morgan fingerprint density at radius 3 is 2.18 bits per heavy atom. The number of aromatic carboxylic acids is 1. The van der Waals surface area contributed by atoms with Gasteiger partial charge in [-0.2, -0.15) is 0 Å². The monoisotopic (exact) mass is 556 g/mol. The molecule has 0 atom stereocenters. The lowest BCUT2D eigenvalue weighted by atomic mass is 10.0. The zero-order valence-corrected chi connectivity index (χ0v) is 22.9. The Balaban J connectivity index is 1.59. The first-order valence-corrected chi connectivity index (χ1v) is 13.2. The van der Waals surface area contributed by atoms with Crippen LogP contribution in [0.15, 0.2) is 53.9 Å². The zero-order chi connectivity index (χ0) is 27.9. The standard InChI is InChI=1S/C28H29ClN2O6S/c1-28(2,3)37-27(36)24-20(17-9-5-4-6-10-17)16-38-25(24)31-23(33)12-8-7-11-22(32)30-21-14-13-18(29)15-19(21)26(34)35/h4-6,9-10,13-16H,7-8,11-12H2,1-3H3,(H,30,32)(H,31,33)(H,34,35). The molecule has 3 rings (SSSR count). The summed E-state index contributed by atoms with van der Waals surface area (Å²) in [5, 5.41) is 17.2. The van der Waals surface area contributed by atoms with E-state index in [1.807, 2.05) is 35.7 Å². The highest BCUT2D eigenvalue weighted by atomic mass is 35.5. The lowest BCUT2D eigenvalue weighted by Crippen LogP contribution is -2.25. The van der Waals surface area contributed by atoms with Crippen LogP contribution in [0.4, 0.5) is 10.7 Å². The van der Waals surface area contributed by atoms with Crippen molar-refractivity contribution in [1.29, 1.82) is 0 Å². The summed E-state index contributed by atoms with van der Waals surface area (Å²) in [5.41, 5.74) is 1.18. The number of carbonyl (C=O) groups is 4. The molecule has 0 fully saturated rings. The van der Waals surface area contributed by atoms with Gasteiger partial charge in [0.15, 0.2) is 0 Å². The number of carboxylic acid groups (broad SMARTS) is 1. The molecule has 200 valence electrons. The third kappa shape index (κ3) is 8.16. The van der Waals surface area contributed by atoms with Crippen molar-refractivity contribution in [3.63, 3.8) is 0 Å². The van der Waals surface area contributed by atoms with Gasteiger partial charge in [0.2, 0.25) is 11.8 Å². The first-order valence-electron chi connectivity index (χ1n) is 12.0. The molecule has 2 aromatic carbocycles. The number of benzene rings is 2. The molecular formula is C28H29ClN2O6S. The van der Waals surface area contributed by atoms with Crippen molar-refractivity contribution < 1.29 is 29.0 Å². The maximum atomic E-state index is 13.0. The molecule has 0 unspecified atom stereocenters. The van der Waals surface area contributed by atoms with E-state index in [1.165, 1.54) is 29.5 Å². The molecule has 1 heterocycles. The van der Waals surface area contributed by atoms with E-state index in [9.17, 15) is 24.3 Å². The summed E-state index contributed by atoms with van der Waals surface area (Å²) in [7, 11) is 0. The Morgan fingerprint density at radius 2 is 1.58 bits per heavy atom. The summed E-state index contributed by atoms with van der Waals surface area (Å²) in [6, 6.07) is 13.6. The van der Waals surface area contributed by atoms with E-state index < -0.39 is 17.5 Å². The van der Waals surface area contributed by atoms with Crippen LogP contribution in [0.3, 0.4) is 0 Å². The van der Waals surface area contributed by atoms with Crippen LogP contribution < -0.4 is 10.6 Å². The summed E-state index contributed by atoms with van der Waals surface area (Å²) in [6.07, 6.45) is 1.08. The number of halogens is 1. The molecular weight excluding hydrogens is 528 g/mol. The fraction of sp³-hybridized carbons (Fsp3) is 0.286. The third-order valence-corrected chi connectivity index (χ3v) is 6.41. The number of amides is 2. The zero-order valence-electron chi connectivity index (χ0n) is 21.3. The number of unbranched alkanes of at least 4 members (excludes halogenated alkanes) is 1. The molecule has 0 aliphatic heterocycles. The quantitative estimate of drug-likeness (QED) is 0.185. The lowest BCUT2D eigenvalue weighted by Gasteiger charge is -2.20. The van der Waals surface area contributed by atoms with Crippen LogP contribution in [0, 0.1) is 0 Å². The minimum atomic E-state index is -1.20. The van der Waals surface area contributed by atoms with Gasteiger partial charge in [-0.15, -0.1) is 11.3 Å². The van der Waals surface area contributed by atoms with Gasteiger partial charge in [0.1, 0.15) is 16.2 Å². The van der Waals surface area contributed by atoms with E-state index in [-0.39, 0.29) is 40.9 Å². The van der Waals surface area contributed by atoms with Crippen molar-refractivity contribution >= 4 is 57.4 Å². The largest absolute Gasteiger partial charge is 0.478 e. The molecule has 1 aromatic heterocycles. The molecule has 8 nitrogen and oxygen atoms in total. The number of carbonyl (C=O) groups excluding carboxylic acids is 3. The predicted molar refractivity (Wildman–Crippen MR) is 149 cm³/mol. The first kappa shape index (κ1) is 28.9. The summed E-state index contributed by atoms with van der Waals surface area (Å²) < 4.78 is 5.60. The molecule has 38 heavy (non-hydrogen) atoms. The summed E-state index contributed by atoms with van der Waals surface area (Å²) >= 11 is 7.09. The topological polar surface area (TPSA) is 122 Å². The van der Waals surface area contributed by atoms with Gasteiger partial charge in [-0.25, -0.2) is 9.59 Å². The Morgan fingerprint density at radius 1 is 0.947 bits per heavy atom. The highest BCUT2D eigenvalue weighted by Crippen LogP contribution is 2.37. The van der Waals surface area contributed by atoms with Crippen LogP contribution >= 0.6 is 22.9 Å². The Hall–Kier alpha value is -3.69. The number of hydrogen-bond acceptors (Lipinski definition) is 6. The van der Waals surface area contributed by atoms with Crippen molar-refractivity contribution in [2.24, 2.45) is 0 Å². The Labute approximate surface area is 230 Å². The number of anilines is 2. The molecule has 0 saturated heterocycles. The molecule has 0 aliphatic carbocycles. The number of thiophene rings is 1. The number of carboxylic acids is 1. The van der Waals surface area contributed by atoms with Crippen molar-refractivity contribution in [3.8, 4) is 11.1 Å². The van der Waals surface area contributed by atoms with Gasteiger partial charge in [-0.1, -0.05) is 41.9 Å². The highest BCUT2D eigenvalue weighted by molar-refractivity contribution is 7.15. The van der Waals surface area contributed by atoms with E-state index >= 15 is 0 Å². The van der Waals surface area contributed by atoms with Gasteiger partial charge in [-0.05, 0) is 57.4 Å². The van der Waals surface area contributed by atoms with Crippen molar-refractivity contribution in [1.82, 2.24) is 0 Å². The highest BCUT2D eigenvalue weighted by Gasteiger charge is 2.26. The maximum absolute atomic E-state index is 13.0. The van der Waals surface area contributed by atoms with Crippen LogP contribution in [-0.4, -0.2) is 34.5 Å². The number of rotatable bonds is 10. The van der Waals surface area contributed by atoms with E-state index in [2.05, 4.69) is 10.6 Å². The number of hydrogen-bond donors (Lipinski definition) is 3. The van der Waals surface area contributed by atoms with Crippen LogP contribution in [0.2, 0.25) is 5.02 Å². The minimum absolute atomic E-state index is 0.100. The Bertz CT molecular complexity index is 1330. The van der Waals surface area contributed by atoms with E-state index in [4.69, 9.17) is 16.3 Å². The van der Waals surface area contributed by atoms with Gasteiger partial charge < -0.3 is 20.5 Å². The smallest absolute Gasteiger partial charge is 0.342 e. The van der Waals surface area contributed by atoms with Gasteiger partial charge >= 0.3 is 11.9 Å². The fourth-order valence-corrected chi connectivity index (χ4v) is 4.73. The molecule has 3 aromatic rings. The van der Waals surface area contributed by atoms with Crippen LogP contribution in [0.25, 0.3) is 11.1 Å². The maximum Gasteiger partial charge on any atom is 0.342 e. The van der Waals surface area contributed by atoms with E-state index in [0.29, 0.717) is 29.0 Å². The second-order valence-electron chi connectivity index (χ2n) is 9.52. The number of esters is 1. The van der Waals surface area contributed by atoms with Gasteiger partial charge in [0.05, 0.1) is 11.3 Å². The molecule has 0 bridgehead atoms. The lowest BCUT2D eigenvalue weighted by molar-refractivity contribution is -0.118. The van der Waals surface area contributed by atoms with Crippen molar-refractivity contribution in [3.05, 3.63) is 70.1 Å². The SMILES string of the molecule is CC(C)(C)OC(=O)c1c(-c2ccccc2)csc1NC(=O)CCCCC(=O)Nc1ccc(Cl)cc1C(=O)O. The van der Waals surface area contributed by atoms with Gasteiger partial charge in [0.25, 0.3) is 0 Å². The summed E-state index contributed by atoms with van der Waals surface area (Å²) in [6.45, 7) is 5.34. The van der Waals surface area contributed by atoms with Crippen LogP contribution in [0.1, 0.15) is 67.2 Å². The van der Waals surface area contributed by atoms with Crippen LogP contribution in [0.5, 0.6) is 0 Å². The number of nitrogens with one attached hydrogen (secondary N) is 2. The molecule has 3 N–H and O–H groups in total.